The van der Waals surface area contributed by atoms with Crippen molar-refractivity contribution >= 4 is 23.4 Å². The van der Waals surface area contributed by atoms with Gasteiger partial charge in [0.2, 0.25) is 5.91 Å². The average molecular weight is 405 g/mol. The standard InChI is InChI=1S/C22H29ClN2O3/c1-14-4-2-3-5-18(14)25-20(26)15-8-10-22(11-9-15)13-24-21(27)17-12-16(23)6-7-19(17)28-22/h6-7,12,14-15,18H,2-5,8-11,13H2,1H3,(H,24,27)(H,25,26). The Hall–Kier alpha value is -1.75. The minimum atomic E-state index is -0.441. The van der Waals surface area contributed by atoms with Gasteiger partial charge in [-0.05, 0) is 62.6 Å². The second kappa shape index (κ2) is 7.94. The van der Waals surface area contributed by atoms with Gasteiger partial charge in [-0.1, -0.05) is 31.4 Å². The van der Waals surface area contributed by atoms with Crippen LogP contribution in [0.15, 0.2) is 18.2 Å². The molecule has 3 aliphatic rings. The maximum Gasteiger partial charge on any atom is 0.255 e. The smallest absolute Gasteiger partial charge is 0.255 e. The molecule has 2 unspecified atom stereocenters. The fourth-order valence-electron chi connectivity index (χ4n) is 4.89. The van der Waals surface area contributed by atoms with Crippen molar-refractivity contribution in [2.75, 3.05) is 6.54 Å². The lowest BCUT2D eigenvalue weighted by Gasteiger charge is -2.39. The van der Waals surface area contributed by atoms with E-state index in [1.165, 1.54) is 19.3 Å². The average Bonchev–Trinajstić information content (AvgIpc) is 2.82. The first-order valence-corrected chi connectivity index (χ1v) is 10.9. The van der Waals surface area contributed by atoms with Crippen LogP contribution in [0.2, 0.25) is 5.02 Å². The quantitative estimate of drug-likeness (QED) is 0.780. The second-order valence-corrected chi connectivity index (χ2v) is 9.20. The van der Waals surface area contributed by atoms with Gasteiger partial charge in [0.1, 0.15) is 11.4 Å². The van der Waals surface area contributed by atoms with Gasteiger partial charge >= 0.3 is 0 Å². The number of carbonyl (C=O) groups is 2. The molecule has 2 fully saturated rings. The van der Waals surface area contributed by atoms with Gasteiger partial charge < -0.3 is 15.4 Å². The zero-order valence-corrected chi connectivity index (χ0v) is 17.2. The summed E-state index contributed by atoms with van der Waals surface area (Å²) in [7, 11) is 0. The molecule has 2 atom stereocenters. The summed E-state index contributed by atoms with van der Waals surface area (Å²) in [6.45, 7) is 2.71. The minimum absolute atomic E-state index is 0.0343. The lowest BCUT2D eigenvalue weighted by atomic mass is 9.77. The molecule has 1 aromatic rings. The van der Waals surface area contributed by atoms with Gasteiger partial charge in [0.25, 0.3) is 5.91 Å². The van der Waals surface area contributed by atoms with Crippen molar-refractivity contribution in [2.24, 2.45) is 11.8 Å². The van der Waals surface area contributed by atoms with E-state index in [9.17, 15) is 9.59 Å². The highest BCUT2D eigenvalue weighted by Crippen LogP contribution is 2.39. The summed E-state index contributed by atoms with van der Waals surface area (Å²) in [6.07, 6.45) is 7.86. The summed E-state index contributed by atoms with van der Waals surface area (Å²) in [4.78, 5) is 25.2. The van der Waals surface area contributed by atoms with Crippen molar-refractivity contribution in [3.63, 3.8) is 0 Å². The fourth-order valence-corrected chi connectivity index (χ4v) is 5.06. The van der Waals surface area contributed by atoms with Crippen molar-refractivity contribution in [1.82, 2.24) is 10.6 Å². The zero-order valence-electron chi connectivity index (χ0n) is 16.4. The van der Waals surface area contributed by atoms with E-state index < -0.39 is 5.60 Å². The molecule has 28 heavy (non-hydrogen) atoms. The molecule has 4 rings (SSSR count). The topological polar surface area (TPSA) is 67.4 Å². The Morgan fingerprint density at radius 3 is 2.71 bits per heavy atom. The van der Waals surface area contributed by atoms with Gasteiger partial charge in [-0.2, -0.15) is 0 Å². The van der Waals surface area contributed by atoms with Crippen molar-refractivity contribution in [1.29, 1.82) is 0 Å². The summed E-state index contributed by atoms with van der Waals surface area (Å²) in [5.41, 5.74) is 0.0411. The first-order chi connectivity index (χ1) is 13.5. The predicted molar refractivity (Wildman–Crippen MR) is 109 cm³/mol. The molecule has 0 saturated heterocycles. The fraction of sp³-hybridized carbons (Fsp3) is 0.636. The highest BCUT2D eigenvalue weighted by atomic mass is 35.5. The van der Waals surface area contributed by atoms with E-state index in [4.69, 9.17) is 16.3 Å². The second-order valence-electron chi connectivity index (χ2n) is 8.76. The molecule has 5 nitrogen and oxygen atoms in total. The van der Waals surface area contributed by atoms with E-state index >= 15 is 0 Å². The molecule has 0 aromatic heterocycles. The van der Waals surface area contributed by atoms with Crippen molar-refractivity contribution in [3.05, 3.63) is 28.8 Å². The summed E-state index contributed by atoms with van der Waals surface area (Å²) >= 11 is 6.04. The number of rotatable bonds is 2. The van der Waals surface area contributed by atoms with Gasteiger partial charge in [-0.25, -0.2) is 0 Å². The number of ether oxygens (including phenoxy) is 1. The first kappa shape index (κ1) is 19.6. The monoisotopic (exact) mass is 404 g/mol. The summed E-state index contributed by atoms with van der Waals surface area (Å²) in [6, 6.07) is 5.49. The Kier molecular flexibility index (Phi) is 5.55. The molecular weight excluding hydrogens is 376 g/mol. The molecule has 0 bridgehead atoms. The van der Waals surface area contributed by atoms with E-state index in [0.717, 1.165) is 32.1 Å². The number of nitrogens with one attached hydrogen (secondary N) is 2. The largest absolute Gasteiger partial charge is 0.485 e. The molecule has 2 aliphatic carbocycles. The number of hydrogen-bond donors (Lipinski definition) is 2. The van der Waals surface area contributed by atoms with E-state index in [1.807, 2.05) is 0 Å². The molecule has 1 spiro atoms. The summed E-state index contributed by atoms with van der Waals surface area (Å²) < 4.78 is 6.33. The van der Waals surface area contributed by atoms with Crippen LogP contribution in [0.3, 0.4) is 0 Å². The third kappa shape index (κ3) is 4.00. The van der Waals surface area contributed by atoms with E-state index in [-0.39, 0.29) is 17.7 Å². The van der Waals surface area contributed by atoms with Crippen LogP contribution >= 0.6 is 11.6 Å². The van der Waals surface area contributed by atoms with Crippen LogP contribution in [-0.4, -0.2) is 30.0 Å². The molecule has 2 N–H and O–H groups in total. The van der Waals surface area contributed by atoms with Gasteiger partial charge in [0.15, 0.2) is 0 Å². The molecule has 0 radical (unpaired) electrons. The Bertz CT molecular complexity index is 758. The normalized spacial score (nSPS) is 32.6. The van der Waals surface area contributed by atoms with Gasteiger partial charge in [-0.15, -0.1) is 0 Å². The Morgan fingerprint density at radius 2 is 1.96 bits per heavy atom. The SMILES string of the molecule is CC1CCCCC1NC(=O)C1CCC2(CC1)CNC(=O)c1cc(Cl)ccc1O2. The number of fused-ring (bicyclic) bond motifs is 1. The Morgan fingerprint density at radius 1 is 1.21 bits per heavy atom. The van der Waals surface area contributed by atoms with Crippen LogP contribution in [0.5, 0.6) is 5.75 Å². The Balaban J connectivity index is 1.39. The van der Waals surface area contributed by atoms with Crippen LogP contribution in [0.1, 0.15) is 68.6 Å². The zero-order chi connectivity index (χ0) is 19.7. The lowest BCUT2D eigenvalue weighted by molar-refractivity contribution is -0.128. The molecule has 1 aliphatic heterocycles. The number of carbonyl (C=O) groups excluding carboxylic acids is 2. The predicted octanol–water partition coefficient (Wildman–Crippen LogP) is 4.09. The summed E-state index contributed by atoms with van der Waals surface area (Å²) in [5, 5.41) is 6.81. The van der Waals surface area contributed by atoms with Crippen LogP contribution in [-0.2, 0) is 4.79 Å². The third-order valence-corrected chi connectivity index (χ3v) is 7.03. The maximum atomic E-state index is 12.8. The van der Waals surface area contributed by atoms with Crippen LogP contribution in [0.25, 0.3) is 0 Å². The molecule has 152 valence electrons. The number of halogens is 1. The molecule has 2 amide bonds. The van der Waals surface area contributed by atoms with Crippen molar-refractivity contribution in [2.45, 2.75) is 69.9 Å². The van der Waals surface area contributed by atoms with Crippen molar-refractivity contribution in [3.8, 4) is 5.75 Å². The Labute approximate surface area is 171 Å². The molecule has 2 saturated carbocycles. The molecule has 1 heterocycles. The number of hydrogen-bond acceptors (Lipinski definition) is 3. The first-order valence-electron chi connectivity index (χ1n) is 10.5. The number of benzene rings is 1. The van der Waals surface area contributed by atoms with Gasteiger partial charge in [-0.3, -0.25) is 9.59 Å². The van der Waals surface area contributed by atoms with Crippen molar-refractivity contribution < 1.29 is 14.3 Å². The lowest BCUT2D eigenvalue weighted by Crippen LogP contribution is -2.50. The van der Waals surface area contributed by atoms with Gasteiger partial charge in [0.05, 0.1) is 12.1 Å². The molecule has 1 aromatic carbocycles. The minimum Gasteiger partial charge on any atom is -0.485 e. The van der Waals surface area contributed by atoms with E-state index in [0.29, 0.717) is 34.8 Å². The molecule has 6 heteroatoms. The number of amides is 2. The molecular formula is C22H29ClN2O3. The maximum absolute atomic E-state index is 12.8. The highest BCUT2D eigenvalue weighted by molar-refractivity contribution is 6.31. The third-order valence-electron chi connectivity index (χ3n) is 6.79. The van der Waals surface area contributed by atoms with Gasteiger partial charge in [0, 0.05) is 17.0 Å². The van der Waals surface area contributed by atoms with Crippen LogP contribution in [0.4, 0.5) is 0 Å². The van der Waals surface area contributed by atoms with E-state index in [2.05, 4.69) is 17.6 Å². The summed E-state index contributed by atoms with van der Waals surface area (Å²) in [5.74, 6) is 1.22. The highest BCUT2D eigenvalue weighted by Gasteiger charge is 2.42. The van der Waals surface area contributed by atoms with E-state index in [1.54, 1.807) is 18.2 Å². The van der Waals surface area contributed by atoms with Crippen LogP contribution in [0, 0.1) is 11.8 Å². The van der Waals surface area contributed by atoms with Crippen LogP contribution < -0.4 is 15.4 Å².